The molecule has 1 amide bonds. The highest BCUT2D eigenvalue weighted by atomic mass is 32.1. The Labute approximate surface area is 168 Å². The van der Waals surface area contributed by atoms with Crippen LogP contribution in [0.2, 0.25) is 0 Å². The second kappa shape index (κ2) is 7.35. The minimum Gasteiger partial charge on any atom is -0.351 e. The fourth-order valence-corrected chi connectivity index (χ4v) is 5.34. The van der Waals surface area contributed by atoms with Gasteiger partial charge in [0, 0.05) is 6.04 Å². The van der Waals surface area contributed by atoms with Gasteiger partial charge < -0.3 is 5.32 Å². The third-order valence-electron chi connectivity index (χ3n) is 6.45. The quantitative estimate of drug-likeness (QED) is 0.722. The van der Waals surface area contributed by atoms with Gasteiger partial charge in [0.25, 0.3) is 5.56 Å². The number of fused-ring (bicyclic) bond motifs is 3. The standard InChI is InChI=1S/C21H28N4O2S/c1-5-16(20(26)22-15-8-6-7-12(2)13(15)3)25-21(27)18-11-19-17(9-10-28-19)24(18)14(4)23-25/h9-13,15-16H,5-8H2,1-4H3,(H,22,26). The molecule has 0 spiro atoms. The summed E-state index contributed by atoms with van der Waals surface area (Å²) in [5, 5.41) is 9.77. The Kier molecular flexibility index (Phi) is 5.04. The highest BCUT2D eigenvalue weighted by molar-refractivity contribution is 7.17. The lowest BCUT2D eigenvalue weighted by Crippen LogP contribution is -2.48. The highest BCUT2D eigenvalue weighted by Gasteiger charge is 2.31. The van der Waals surface area contributed by atoms with Crippen molar-refractivity contribution in [3.63, 3.8) is 0 Å². The molecule has 4 atom stereocenters. The number of nitrogens with zero attached hydrogens (tertiary/aromatic N) is 3. The van der Waals surface area contributed by atoms with Crippen molar-refractivity contribution in [2.24, 2.45) is 11.8 Å². The summed E-state index contributed by atoms with van der Waals surface area (Å²) in [7, 11) is 0. The molecule has 3 aromatic rings. The highest BCUT2D eigenvalue weighted by Crippen LogP contribution is 2.30. The first-order chi connectivity index (χ1) is 13.4. The van der Waals surface area contributed by atoms with Crippen LogP contribution in [0, 0.1) is 18.8 Å². The Morgan fingerprint density at radius 1 is 1.36 bits per heavy atom. The molecule has 1 aliphatic rings. The summed E-state index contributed by atoms with van der Waals surface area (Å²) in [4.78, 5) is 26.3. The molecule has 0 saturated heterocycles. The molecule has 7 heteroatoms. The zero-order valence-electron chi connectivity index (χ0n) is 16.9. The predicted octanol–water partition coefficient (Wildman–Crippen LogP) is 3.91. The van der Waals surface area contributed by atoms with Crippen molar-refractivity contribution in [3.8, 4) is 0 Å². The number of thiophene rings is 1. The molecule has 1 N–H and O–H groups in total. The number of carbonyl (C=O) groups is 1. The normalized spacial score (nSPS) is 23.9. The first-order valence-electron chi connectivity index (χ1n) is 10.2. The average molecular weight is 401 g/mol. The molecule has 1 saturated carbocycles. The van der Waals surface area contributed by atoms with Gasteiger partial charge in [-0.05, 0) is 49.1 Å². The molecule has 0 radical (unpaired) electrons. The number of aryl methyl sites for hydroxylation is 1. The first-order valence-corrected chi connectivity index (χ1v) is 11.1. The second-order valence-corrected chi connectivity index (χ2v) is 9.09. The molecule has 3 aromatic heterocycles. The maximum atomic E-state index is 13.2. The fraction of sp³-hybridized carbons (Fsp3) is 0.571. The summed E-state index contributed by atoms with van der Waals surface area (Å²) in [6.07, 6.45) is 3.88. The van der Waals surface area contributed by atoms with Crippen LogP contribution in [0.1, 0.15) is 58.3 Å². The van der Waals surface area contributed by atoms with Crippen LogP contribution in [-0.2, 0) is 4.79 Å². The van der Waals surface area contributed by atoms with Crippen LogP contribution in [0.3, 0.4) is 0 Å². The lowest BCUT2D eigenvalue weighted by molar-refractivity contribution is -0.126. The maximum absolute atomic E-state index is 13.2. The number of carbonyl (C=O) groups excluding carboxylic acids is 1. The van der Waals surface area contributed by atoms with Crippen LogP contribution in [-0.4, -0.2) is 26.1 Å². The van der Waals surface area contributed by atoms with Crippen LogP contribution < -0.4 is 10.9 Å². The molecule has 150 valence electrons. The lowest BCUT2D eigenvalue weighted by atomic mass is 9.78. The van der Waals surface area contributed by atoms with Gasteiger partial charge in [0.05, 0.1) is 10.2 Å². The largest absolute Gasteiger partial charge is 0.351 e. The summed E-state index contributed by atoms with van der Waals surface area (Å²) in [5.74, 6) is 1.67. The third kappa shape index (κ3) is 3.05. The molecule has 4 unspecified atom stereocenters. The van der Waals surface area contributed by atoms with Gasteiger partial charge in [-0.25, -0.2) is 4.68 Å². The van der Waals surface area contributed by atoms with Gasteiger partial charge in [0.1, 0.15) is 17.4 Å². The van der Waals surface area contributed by atoms with Crippen molar-refractivity contribution in [2.75, 3.05) is 0 Å². The molecular weight excluding hydrogens is 372 g/mol. The fourth-order valence-electron chi connectivity index (χ4n) is 4.54. The summed E-state index contributed by atoms with van der Waals surface area (Å²) < 4.78 is 4.34. The monoisotopic (exact) mass is 400 g/mol. The summed E-state index contributed by atoms with van der Waals surface area (Å²) in [6.45, 7) is 8.28. The Morgan fingerprint density at radius 2 is 2.14 bits per heavy atom. The molecule has 3 heterocycles. The Bertz CT molecular complexity index is 1080. The minimum absolute atomic E-state index is 0.0971. The third-order valence-corrected chi connectivity index (χ3v) is 7.30. The topological polar surface area (TPSA) is 68.4 Å². The van der Waals surface area contributed by atoms with E-state index in [4.69, 9.17) is 0 Å². The van der Waals surface area contributed by atoms with Crippen LogP contribution >= 0.6 is 11.3 Å². The number of hydrogen-bond acceptors (Lipinski definition) is 4. The van der Waals surface area contributed by atoms with Crippen LogP contribution in [0.15, 0.2) is 22.3 Å². The minimum atomic E-state index is -0.589. The van der Waals surface area contributed by atoms with E-state index in [1.165, 1.54) is 11.1 Å². The molecule has 28 heavy (non-hydrogen) atoms. The van der Waals surface area contributed by atoms with Crippen molar-refractivity contribution in [2.45, 2.75) is 65.5 Å². The molecule has 0 aliphatic heterocycles. The number of rotatable bonds is 4. The maximum Gasteiger partial charge on any atom is 0.291 e. The van der Waals surface area contributed by atoms with Crippen LogP contribution in [0.25, 0.3) is 15.7 Å². The van der Waals surface area contributed by atoms with E-state index in [-0.39, 0.29) is 17.5 Å². The van der Waals surface area contributed by atoms with Gasteiger partial charge in [-0.2, -0.15) is 5.10 Å². The SMILES string of the molecule is CCC(C(=O)NC1CCCC(C)C1C)n1nc(C)n2c(cc3sccc32)c1=O. The van der Waals surface area contributed by atoms with Gasteiger partial charge in [0.15, 0.2) is 0 Å². The van der Waals surface area contributed by atoms with Crippen molar-refractivity contribution in [1.82, 2.24) is 19.5 Å². The predicted molar refractivity (Wildman–Crippen MR) is 113 cm³/mol. The first kappa shape index (κ1) is 19.2. The van der Waals surface area contributed by atoms with Crippen molar-refractivity contribution < 1.29 is 4.79 Å². The second-order valence-electron chi connectivity index (χ2n) is 8.14. The number of nitrogens with one attached hydrogen (secondary N) is 1. The van der Waals surface area contributed by atoms with E-state index in [0.717, 1.165) is 23.1 Å². The van der Waals surface area contributed by atoms with Crippen LogP contribution in [0.4, 0.5) is 0 Å². The van der Waals surface area contributed by atoms with E-state index >= 15 is 0 Å². The summed E-state index contributed by atoms with van der Waals surface area (Å²) in [5.41, 5.74) is 1.37. The summed E-state index contributed by atoms with van der Waals surface area (Å²) >= 11 is 1.60. The van der Waals surface area contributed by atoms with Gasteiger partial charge in [-0.1, -0.05) is 33.6 Å². The van der Waals surface area contributed by atoms with Gasteiger partial charge in [-0.3, -0.25) is 14.0 Å². The van der Waals surface area contributed by atoms with E-state index in [1.807, 2.05) is 35.8 Å². The molecule has 0 aromatic carbocycles. The number of aromatic nitrogens is 3. The Balaban J connectivity index is 1.69. The van der Waals surface area contributed by atoms with E-state index in [0.29, 0.717) is 29.6 Å². The van der Waals surface area contributed by atoms with E-state index < -0.39 is 6.04 Å². The zero-order chi connectivity index (χ0) is 20.0. The van der Waals surface area contributed by atoms with E-state index in [9.17, 15) is 9.59 Å². The van der Waals surface area contributed by atoms with E-state index in [1.54, 1.807) is 11.3 Å². The van der Waals surface area contributed by atoms with Crippen molar-refractivity contribution in [3.05, 3.63) is 33.7 Å². The number of hydrogen-bond donors (Lipinski definition) is 1. The Morgan fingerprint density at radius 3 is 2.89 bits per heavy atom. The Hall–Kier alpha value is -2.15. The smallest absolute Gasteiger partial charge is 0.291 e. The van der Waals surface area contributed by atoms with Gasteiger partial charge in [-0.15, -0.1) is 11.3 Å². The van der Waals surface area contributed by atoms with Gasteiger partial charge in [0.2, 0.25) is 5.91 Å². The van der Waals surface area contributed by atoms with Gasteiger partial charge >= 0.3 is 0 Å². The summed E-state index contributed by atoms with van der Waals surface area (Å²) in [6, 6.07) is 3.49. The molecule has 6 nitrogen and oxygen atoms in total. The van der Waals surface area contributed by atoms with Crippen LogP contribution in [0.5, 0.6) is 0 Å². The van der Waals surface area contributed by atoms with Crippen molar-refractivity contribution >= 4 is 33.0 Å². The lowest BCUT2D eigenvalue weighted by Gasteiger charge is -2.35. The molecule has 1 fully saturated rings. The molecule has 1 aliphatic carbocycles. The van der Waals surface area contributed by atoms with E-state index in [2.05, 4.69) is 24.3 Å². The molecule has 4 rings (SSSR count). The molecular formula is C21H28N4O2S. The zero-order valence-corrected chi connectivity index (χ0v) is 17.8. The molecule has 0 bridgehead atoms. The van der Waals surface area contributed by atoms with Crippen molar-refractivity contribution in [1.29, 1.82) is 0 Å². The number of amides is 1. The average Bonchev–Trinajstić information content (AvgIpc) is 3.25.